The fraction of sp³-hybridized carbons (Fsp3) is 0.625. The van der Waals surface area contributed by atoms with Crippen molar-refractivity contribution in [1.82, 2.24) is 0 Å². The van der Waals surface area contributed by atoms with Gasteiger partial charge in [-0.2, -0.15) is 0 Å². The Balaban J connectivity index is 2.11. The average molecular weight is 715 g/mol. The van der Waals surface area contributed by atoms with E-state index in [4.69, 9.17) is 47.4 Å². The average Bonchev–Trinajstić information content (AvgIpc) is 3.01. The first-order valence-electron chi connectivity index (χ1n) is 15.3. The lowest BCUT2D eigenvalue weighted by Crippen LogP contribution is -2.65. The minimum atomic E-state index is -1.42. The molecular weight excluding hydrogens is 672 g/mol. The minimum absolute atomic E-state index is 0.00467. The molecule has 0 N–H and O–H groups in total. The van der Waals surface area contributed by atoms with Crippen molar-refractivity contribution in [1.29, 1.82) is 0 Å². The Morgan fingerprint density at radius 2 is 1.16 bits per heavy atom. The van der Waals surface area contributed by atoms with Gasteiger partial charge in [0.25, 0.3) is 0 Å². The molecule has 16 nitrogen and oxygen atoms in total. The summed E-state index contributed by atoms with van der Waals surface area (Å²) in [7, 11) is 1.32. The molecule has 3 rings (SSSR count). The number of benzene rings is 1. The summed E-state index contributed by atoms with van der Waals surface area (Å²) in [5.41, 5.74) is -0.483. The van der Waals surface area contributed by atoms with E-state index in [1.807, 2.05) is 30.3 Å². The van der Waals surface area contributed by atoms with Gasteiger partial charge < -0.3 is 47.4 Å². The van der Waals surface area contributed by atoms with Crippen molar-refractivity contribution in [3.8, 4) is 0 Å². The second-order valence-corrected chi connectivity index (χ2v) is 12.4. The number of thioether (sulfide) groups is 1. The molecule has 2 heterocycles. The monoisotopic (exact) mass is 714 g/mol. The number of ether oxygens (including phenoxy) is 10. The summed E-state index contributed by atoms with van der Waals surface area (Å²) in [5, 5.41) is -0.899. The lowest BCUT2D eigenvalue weighted by atomic mass is 9.97. The van der Waals surface area contributed by atoms with Crippen LogP contribution in [-0.2, 0) is 82.7 Å². The van der Waals surface area contributed by atoms with Crippen LogP contribution in [0.2, 0.25) is 0 Å². The standard InChI is InChI=1S/C32H42O16S/c1-16(33)40-14-23-25(43-18(3)35)27(42-13-22-11-9-8-10-12-22)29(31(39-7)47-23)48-32-30(46-21(6)38)28(45-20(5)37)26(44-19(4)36)24(49-32)15-41-17(2)34/h8-12,23-32H,13-15H2,1-7H3/t23-,24-,25-,26-,27+,28+,29-,30-,31+,32+/m1/s1. The second kappa shape index (κ2) is 18.8. The minimum Gasteiger partial charge on any atom is -0.465 e. The summed E-state index contributed by atoms with van der Waals surface area (Å²) in [4.78, 5) is 72.8. The fourth-order valence-corrected chi connectivity index (χ4v) is 6.70. The smallest absolute Gasteiger partial charge is 0.303 e. The molecule has 17 heteroatoms. The van der Waals surface area contributed by atoms with E-state index in [9.17, 15) is 28.8 Å². The van der Waals surface area contributed by atoms with Crippen molar-refractivity contribution >= 4 is 47.6 Å². The molecule has 2 aliphatic heterocycles. The zero-order valence-electron chi connectivity index (χ0n) is 28.2. The highest BCUT2D eigenvalue weighted by Crippen LogP contribution is 2.41. The van der Waals surface area contributed by atoms with Gasteiger partial charge in [-0.3, -0.25) is 28.8 Å². The summed E-state index contributed by atoms with van der Waals surface area (Å²) in [6, 6.07) is 9.06. The van der Waals surface area contributed by atoms with Crippen LogP contribution in [0.25, 0.3) is 0 Å². The van der Waals surface area contributed by atoms with E-state index in [2.05, 4.69) is 0 Å². The highest BCUT2D eigenvalue weighted by atomic mass is 32.2. The molecule has 1 aromatic rings. The van der Waals surface area contributed by atoms with Crippen molar-refractivity contribution in [2.24, 2.45) is 0 Å². The van der Waals surface area contributed by atoms with Crippen molar-refractivity contribution in [2.45, 2.75) is 108 Å². The number of hydrogen-bond acceptors (Lipinski definition) is 17. The Bertz CT molecular complexity index is 1310. The Labute approximate surface area is 287 Å². The molecule has 49 heavy (non-hydrogen) atoms. The van der Waals surface area contributed by atoms with Crippen LogP contribution in [-0.4, -0.2) is 116 Å². The Morgan fingerprint density at radius 3 is 1.71 bits per heavy atom. The summed E-state index contributed by atoms with van der Waals surface area (Å²) in [6.45, 7) is 6.32. The Hall–Kier alpha value is -3.77. The predicted octanol–water partition coefficient (Wildman–Crippen LogP) is 1.62. The van der Waals surface area contributed by atoms with Crippen molar-refractivity contribution < 1.29 is 76.1 Å². The first-order chi connectivity index (χ1) is 23.2. The topological polar surface area (TPSA) is 195 Å². The number of esters is 6. The normalized spacial score (nSPS) is 29.5. The number of carbonyl (C=O) groups is 6. The third kappa shape index (κ3) is 12.0. The molecule has 0 amide bonds. The molecule has 0 spiro atoms. The lowest BCUT2D eigenvalue weighted by Gasteiger charge is -2.48. The Morgan fingerprint density at radius 1 is 0.633 bits per heavy atom. The van der Waals surface area contributed by atoms with Crippen LogP contribution < -0.4 is 0 Å². The van der Waals surface area contributed by atoms with E-state index >= 15 is 0 Å². The maximum absolute atomic E-state index is 12.4. The number of methoxy groups -OCH3 is 1. The van der Waals surface area contributed by atoms with E-state index in [0.717, 1.165) is 38.1 Å². The second-order valence-electron chi connectivity index (χ2n) is 11.1. The summed E-state index contributed by atoms with van der Waals surface area (Å²) in [5.74, 6) is -4.26. The predicted molar refractivity (Wildman–Crippen MR) is 166 cm³/mol. The van der Waals surface area contributed by atoms with Gasteiger partial charge in [0.15, 0.2) is 30.7 Å². The molecule has 0 aromatic heterocycles. The SMILES string of the molecule is CO[C@H]1O[C@H](COC(C)=O)[C@@H](OC(C)=O)[C@H](OCc2ccccc2)[C@H]1O[C@H]1S[C@H](COC(C)=O)[C@@H](OC(C)=O)[C@H](OC(C)=O)[C@H]1OC(C)=O. The van der Waals surface area contributed by atoms with Crippen molar-refractivity contribution in [2.75, 3.05) is 20.3 Å². The van der Waals surface area contributed by atoms with Gasteiger partial charge in [-0.05, 0) is 5.56 Å². The van der Waals surface area contributed by atoms with Gasteiger partial charge in [0.05, 0.1) is 11.9 Å². The number of hydrogen-bond donors (Lipinski definition) is 0. The van der Waals surface area contributed by atoms with Gasteiger partial charge in [-0.15, -0.1) is 11.8 Å². The maximum atomic E-state index is 12.4. The molecule has 272 valence electrons. The molecule has 0 radical (unpaired) electrons. The largest absolute Gasteiger partial charge is 0.465 e. The van der Waals surface area contributed by atoms with E-state index in [0.29, 0.717) is 0 Å². The highest BCUT2D eigenvalue weighted by molar-refractivity contribution is 8.00. The third-order valence-corrected chi connectivity index (χ3v) is 8.50. The molecule has 2 saturated heterocycles. The fourth-order valence-electron chi connectivity index (χ4n) is 5.29. The van der Waals surface area contributed by atoms with E-state index in [1.54, 1.807) is 0 Å². The summed E-state index contributed by atoms with van der Waals surface area (Å²) in [6.07, 6.45) is -10.0. The zero-order chi connectivity index (χ0) is 36.2. The number of carbonyl (C=O) groups excluding carboxylic acids is 6. The van der Waals surface area contributed by atoms with Crippen LogP contribution in [0.4, 0.5) is 0 Å². The molecule has 10 atom stereocenters. The Kier molecular flexibility index (Phi) is 15.3. The molecule has 0 saturated carbocycles. The van der Waals surface area contributed by atoms with Gasteiger partial charge >= 0.3 is 35.8 Å². The van der Waals surface area contributed by atoms with Crippen LogP contribution in [0.15, 0.2) is 30.3 Å². The molecule has 0 bridgehead atoms. The van der Waals surface area contributed by atoms with E-state index < -0.39 is 95.5 Å². The first kappa shape index (κ1) is 39.7. The highest BCUT2D eigenvalue weighted by Gasteiger charge is 2.56. The van der Waals surface area contributed by atoms with Crippen LogP contribution in [0, 0.1) is 0 Å². The maximum Gasteiger partial charge on any atom is 0.303 e. The molecule has 0 aliphatic carbocycles. The number of rotatable bonds is 14. The van der Waals surface area contributed by atoms with Gasteiger partial charge in [-0.25, -0.2) is 0 Å². The summed E-state index contributed by atoms with van der Waals surface area (Å²) >= 11 is 0.968. The third-order valence-electron chi connectivity index (χ3n) is 7.10. The van der Waals surface area contributed by atoms with Gasteiger partial charge in [-0.1, -0.05) is 30.3 Å². The lowest BCUT2D eigenvalue weighted by molar-refractivity contribution is -0.320. The van der Waals surface area contributed by atoms with Crippen LogP contribution in [0.1, 0.15) is 47.1 Å². The first-order valence-corrected chi connectivity index (χ1v) is 16.2. The van der Waals surface area contributed by atoms with Gasteiger partial charge in [0.2, 0.25) is 0 Å². The molecule has 2 aliphatic rings. The van der Waals surface area contributed by atoms with Gasteiger partial charge in [0, 0.05) is 48.7 Å². The van der Waals surface area contributed by atoms with Crippen molar-refractivity contribution in [3.05, 3.63) is 35.9 Å². The summed E-state index contributed by atoms with van der Waals surface area (Å²) < 4.78 is 57.5. The van der Waals surface area contributed by atoms with Crippen LogP contribution >= 0.6 is 11.8 Å². The van der Waals surface area contributed by atoms with Crippen molar-refractivity contribution in [3.63, 3.8) is 0 Å². The van der Waals surface area contributed by atoms with E-state index in [-0.39, 0.29) is 19.8 Å². The van der Waals surface area contributed by atoms with E-state index in [1.165, 1.54) is 27.9 Å². The molecule has 0 unspecified atom stereocenters. The van der Waals surface area contributed by atoms with Gasteiger partial charge in [0.1, 0.15) is 37.0 Å². The molecule has 2 fully saturated rings. The molecule has 1 aromatic carbocycles. The zero-order valence-corrected chi connectivity index (χ0v) is 29.0. The van der Waals surface area contributed by atoms with Crippen LogP contribution in [0.3, 0.4) is 0 Å². The van der Waals surface area contributed by atoms with Crippen LogP contribution in [0.5, 0.6) is 0 Å². The quantitative estimate of drug-likeness (QED) is 0.199. The molecular formula is C32H42O16S.